The van der Waals surface area contributed by atoms with Crippen LogP contribution in [0.25, 0.3) is 0 Å². The molecular weight excluding hydrogens is 456 g/mol. The molecule has 2 atom stereocenters. The topological polar surface area (TPSA) is 78.2 Å². The molecule has 0 amide bonds. The first-order chi connectivity index (χ1) is 10.4. The fraction of sp³-hybridized carbons (Fsp3) is 0.375. The van der Waals surface area contributed by atoms with Gasteiger partial charge in [0, 0.05) is 6.61 Å². The zero-order chi connectivity index (χ0) is 16.5. The number of rotatable bonds is 0. The van der Waals surface area contributed by atoms with Gasteiger partial charge in [-0.25, -0.2) is 5.57 Å². The van der Waals surface area contributed by atoms with E-state index in [2.05, 4.69) is 33.0 Å². The van der Waals surface area contributed by atoms with Gasteiger partial charge in [0.1, 0.15) is 0 Å². The molecule has 0 aromatic rings. The van der Waals surface area contributed by atoms with Crippen LogP contribution in [0.3, 0.4) is 0 Å². The Hall–Kier alpha value is -0.432. The molecular formula is C16H16O5W+. The summed E-state index contributed by atoms with van der Waals surface area (Å²) in [6, 6.07) is 0. The SMILES string of the molecule is C[C@H]1OC[C-]=C2COC[C@H]21.[C-]#[O+].[C-]#[O+].[C-]#[O+].[CH]1[CH][CH][CH][CH]1.[W+2]. The van der Waals surface area contributed by atoms with Crippen molar-refractivity contribution in [1.29, 1.82) is 0 Å². The van der Waals surface area contributed by atoms with E-state index in [0.717, 1.165) is 13.2 Å². The Balaban J connectivity index is -0.000000259. The molecule has 0 N–H and O–H groups in total. The zero-order valence-corrected chi connectivity index (χ0v) is 15.0. The fourth-order valence-electron chi connectivity index (χ4n) is 1.81. The van der Waals surface area contributed by atoms with Crippen LogP contribution in [0.15, 0.2) is 5.57 Å². The molecule has 1 saturated carbocycles. The van der Waals surface area contributed by atoms with Crippen molar-refractivity contribution in [3.63, 3.8) is 0 Å². The molecule has 5 radical (unpaired) electrons. The van der Waals surface area contributed by atoms with E-state index in [9.17, 15) is 0 Å². The summed E-state index contributed by atoms with van der Waals surface area (Å²) < 4.78 is 33.2. The Morgan fingerprint density at radius 2 is 1.45 bits per heavy atom. The molecule has 1 saturated heterocycles. The first kappa shape index (κ1) is 26.5. The molecule has 115 valence electrons. The van der Waals surface area contributed by atoms with Gasteiger partial charge in [0.15, 0.2) is 0 Å². The summed E-state index contributed by atoms with van der Waals surface area (Å²) in [6.45, 7) is 17.8. The molecule has 0 bridgehead atoms. The first-order valence-electron chi connectivity index (χ1n) is 5.95. The van der Waals surface area contributed by atoms with Crippen LogP contribution in [0.1, 0.15) is 6.92 Å². The second-order valence-corrected chi connectivity index (χ2v) is 3.80. The molecule has 3 rings (SSSR count). The molecule has 2 heterocycles. The molecule has 22 heavy (non-hydrogen) atoms. The smallest absolute Gasteiger partial charge is 0.0312 e. The molecule has 6 heteroatoms. The Morgan fingerprint density at radius 1 is 1.00 bits per heavy atom. The van der Waals surface area contributed by atoms with E-state index in [4.69, 9.17) is 23.4 Å². The molecule has 3 aliphatic rings. The third kappa shape index (κ3) is 11.2. The number of hydrogen-bond donors (Lipinski definition) is 0. The van der Waals surface area contributed by atoms with Gasteiger partial charge in [-0.15, -0.1) is 0 Å². The van der Waals surface area contributed by atoms with Gasteiger partial charge in [0.05, 0.1) is 12.7 Å². The average Bonchev–Trinajstić information content (AvgIpc) is 3.28. The summed E-state index contributed by atoms with van der Waals surface area (Å²) in [7, 11) is 0. The molecule has 1 aliphatic carbocycles. The summed E-state index contributed by atoms with van der Waals surface area (Å²) in [5.74, 6) is 0.494. The van der Waals surface area contributed by atoms with E-state index in [1.165, 1.54) is 5.57 Å². The Kier molecular flexibility index (Phi) is 24.7. The molecule has 2 fully saturated rings. The van der Waals surface area contributed by atoms with Crippen molar-refractivity contribution < 1.29 is 44.5 Å². The van der Waals surface area contributed by atoms with Crippen molar-refractivity contribution >= 4 is 0 Å². The Bertz CT molecular complexity index is 309. The zero-order valence-electron chi connectivity index (χ0n) is 12.1. The van der Waals surface area contributed by atoms with Crippen LogP contribution in [0.2, 0.25) is 0 Å². The van der Waals surface area contributed by atoms with E-state index in [1.807, 2.05) is 32.1 Å². The van der Waals surface area contributed by atoms with Crippen LogP contribution in [0.4, 0.5) is 0 Å². The minimum atomic E-state index is 0. The van der Waals surface area contributed by atoms with Gasteiger partial charge in [-0.2, -0.15) is 0 Å². The second kappa shape index (κ2) is 20.6. The van der Waals surface area contributed by atoms with Crippen LogP contribution in [0, 0.1) is 64.0 Å². The molecule has 0 aromatic carbocycles. The van der Waals surface area contributed by atoms with Gasteiger partial charge in [-0.05, 0) is 44.9 Å². The van der Waals surface area contributed by atoms with E-state index < -0.39 is 0 Å². The predicted octanol–water partition coefficient (Wildman–Crippen LogP) is 1.69. The Labute approximate surface area is 147 Å². The second-order valence-electron chi connectivity index (χ2n) is 3.80. The molecule has 0 aromatic heterocycles. The van der Waals surface area contributed by atoms with E-state index in [-0.39, 0.29) is 21.1 Å². The normalized spacial score (nSPS) is 23.5. The number of hydrogen-bond acceptors (Lipinski definition) is 2. The summed E-state index contributed by atoms with van der Waals surface area (Å²) in [5.41, 5.74) is 1.32. The van der Waals surface area contributed by atoms with Crippen LogP contribution in [-0.2, 0) is 44.5 Å². The van der Waals surface area contributed by atoms with Crippen molar-refractivity contribution in [3.05, 3.63) is 63.7 Å². The average molecular weight is 472 g/mol. The summed E-state index contributed by atoms with van der Waals surface area (Å²) in [6.07, 6.45) is 13.5. The Morgan fingerprint density at radius 3 is 1.86 bits per heavy atom. The minimum absolute atomic E-state index is 0. The quantitative estimate of drug-likeness (QED) is 0.398. The first-order valence-corrected chi connectivity index (χ1v) is 5.95. The monoisotopic (exact) mass is 472 g/mol. The fourth-order valence-corrected chi connectivity index (χ4v) is 1.81. The van der Waals surface area contributed by atoms with Gasteiger partial charge < -0.3 is 15.5 Å². The maximum Gasteiger partial charge on any atom is 2.00 e. The van der Waals surface area contributed by atoms with Crippen LogP contribution >= 0.6 is 0 Å². The van der Waals surface area contributed by atoms with Crippen molar-refractivity contribution in [2.75, 3.05) is 19.8 Å². The van der Waals surface area contributed by atoms with E-state index in [1.54, 1.807) is 0 Å². The van der Waals surface area contributed by atoms with Crippen LogP contribution in [0.5, 0.6) is 0 Å². The van der Waals surface area contributed by atoms with Gasteiger partial charge in [0.2, 0.25) is 0 Å². The summed E-state index contributed by atoms with van der Waals surface area (Å²) in [5, 5.41) is 0. The van der Waals surface area contributed by atoms with Gasteiger partial charge in [-0.1, -0.05) is 6.61 Å². The van der Waals surface area contributed by atoms with Crippen molar-refractivity contribution in [3.8, 4) is 0 Å². The largest absolute Gasteiger partial charge is 2.00 e. The van der Waals surface area contributed by atoms with Crippen LogP contribution < -0.4 is 0 Å². The maximum absolute atomic E-state index is 7.50. The van der Waals surface area contributed by atoms with Gasteiger partial charge in [0.25, 0.3) is 0 Å². The van der Waals surface area contributed by atoms with Crippen molar-refractivity contribution in [1.82, 2.24) is 0 Å². The summed E-state index contributed by atoms with van der Waals surface area (Å²) >= 11 is 0. The number of ether oxygens (including phenoxy) is 2. The minimum Gasteiger partial charge on any atom is -0.0312 e. The maximum atomic E-state index is 7.50. The molecule has 0 unspecified atom stereocenters. The van der Waals surface area contributed by atoms with Gasteiger partial charge in [-0.3, -0.25) is 0 Å². The molecule has 0 spiro atoms. The standard InChI is InChI=1S/C8H11O2.C5H5.3CO.W/c1-6-8-5-9-4-7(8)2-3-10-6;1-2-4-5-3-1;3*1-2;/h6,8H,3-5H2,1H3;1-5H;;;;/q-1;;;;;+2/t6-,8+;;;;;/m1...../s1. The van der Waals surface area contributed by atoms with Crippen molar-refractivity contribution in [2.45, 2.75) is 13.0 Å². The van der Waals surface area contributed by atoms with Gasteiger partial charge >= 0.3 is 55.0 Å². The summed E-state index contributed by atoms with van der Waals surface area (Å²) in [4.78, 5) is 0. The molecule has 5 nitrogen and oxygen atoms in total. The van der Waals surface area contributed by atoms with E-state index in [0.29, 0.717) is 18.6 Å². The number of fused-ring (bicyclic) bond motifs is 1. The third-order valence-electron chi connectivity index (χ3n) is 2.77. The predicted molar refractivity (Wildman–Crippen MR) is 69.8 cm³/mol. The van der Waals surface area contributed by atoms with Crippen molar-refractivity contribution in [2.24, 2.45) is 5.92 Å². The molecule has 2 aliphatic heterocycles. The third-order valence-corrected chi connectivity index (χ3v) is 2.77. The van der Waals surface area contributed by atoms with E-state index >= 15 is 0 Å². The van der Waals surface area contributed by atoms with Crippen LogP contribution in [-0.4, -0.2) is 25.9 Å².